The van der Waals surface area contributed by atoms with Gasteiger partial charge in [-0.3, -0.25) is 0 Å². The minimum atomic E-state index is 0.489. The molecule has 0 aliphatic carbocycles. The molecule has 0 atom stereocenters. The van der Waals surface area contributed by atoms with Crippen molar-refractivity contribution in [2.24, 2.45) is 5.92 Å². The van der Waals surface area contributed by atoms with Gasteiger partial charge in [-0.1, -0.05) is 38.8 Å². The summed E-state index contributed by atoms with van der Waals surface area (Å²) < 4.78 is 5.68. The predicted molar refractivity (Wildman–Crippen MR) is 86.8 cm³/mol. The van der Waals surface area contributed by atoms with Crippen molar-refractivity contribution in [1.29, 1.82) is 0 Å². The molecular formula is C17H21ClN2O. The summed E-state index contributed by atoms with van der Waals surface area (Å²) in [6, 6.07) is 9.66. The fraction of sp³-hybridized carbons (Fsp3) is 0.412. The second-order valence-electron chi connectivity index (χ2n) is 5.48. The number of halogens is 1. The smallest absolute Gasteiger partial charge is 0.161 e. The molecule has 4 heteroatoms. The summed E-state index contributed by atoms with van der Waals surface area (Å²) in [5.41, 5.74) is 1.93. The van der Waals surface area contributed by atoms with Crippen molar-refractivity contribution >= 4 is 11.6 Å². The minimum Gasteiger partial charge on any atom is -0.493 e. The lowest BCUT2D eigenvalue weighted by molar-refractivity contribution is 0.271. The Bertz CT molecular complexity index is 582. The average Bonchev–Trinajstić information content (AvgIpc) is 2.45. The molecule has 0 aliphatic heterocycles. The lowest BCUT2D eigenvalue weighted by Gasteiger charge is -2.09. The Morgan fingerprint density at radius 1 is 1.14 bits per heavy atom. The van der Waals surface area contributed by atoms with E-state index >= 15 is 0 Å². The number of hydrogen-bond acceptors (Lipinski definition) is 3. The molecule has 0 saturated heterocycles. The first-order valence-electron chi connectivity index (χ1n) is 7.35. The monoisotopic (exact) mass is 304 g/mol. The average molecular weight is 305 g/mol. The Morgan fingerprint density at radius 3 is 2.48 bits per heavy atom. The number of benzene rings is 1. The molecular weight excluding hydrogens is 284 g/mol. The largest absolute Gasteiger partial charge is 0.493 e. The standard InChI is InChI=1S/C17H21ClN2O/c1-4-5-14-10-16(18)20-17(19-14)13-6-8-15(9-7-13)21-11-12(2)3/h6-10,12H,4-5,11H2,1-3H3. The quantitative estimate of drug-likeness (QED) is 0.720. The molecule has 0 amide bonds. The minimum absolute atomic E-state index is 0.489. The van der Waals surface area contributed by atoms with Crippen LogP contribution in [-0.2, 0) is 6.42 Å². The van der Waals surface area contributed by atoms with Gasteiger partial charge in [0.2, 0.25) is 0 Å². The molecule has 112 valence electrons. The molecule has 2 aromatic rings. The Balaban J connectivity index is 2.18. The van der Waals surface area contributed by atoms with Crippen molar-refractivity contribution in [3.8, 4) is 17.1 Å². The van der Waals surface area contributed by atoms with Crippen LogP contribution in [-0.4, -0.2) is 16.6 Å². The first-order valence-corrected chi connectivity index (χ1v) is 7.73. The van der Waals surface area contributed by atoms with Gasteiger partial charge in [0.05, 0.1) is 6.61 Å². The van der Waals surface area contributed by atoms with E-state index in [2.05, 4.69) is 30.7 Å². The molecule has 0 saturated carbocycles. The zero-order chi connectivity index (χ0) is 15.2. The van der Waals surface area contributed by atoms with Crippen LogP contribution >= 0.6 is 11.6 Å². The van der Waals surface area contributed by atoms with Gasteiger partial charge in [-0.05, 0) is 42.7 Å². The van der Waals surface area contributed by atoms with Crippen molar-refractivity contribution in [2.45, 2.75) is 33.6 Å². The van der Waals surface area contributed by atoms with Gasteiger partial charge < -0.3 is 4.74 Å². The van der Waals surface area contributed by atoms with Crippen molar-refractivity contribution in [3.05, 3.63) is 41.2 Å². The third-order valence-corrected chi connectivity index (χ3v) is 3.14. The summed E-state index contributed by atoms with van der Waals surface area (Å²) in [7, 11) is 0. The molecule has 1 aromatic carbocycles. The number of nitrogens with zero attached hydrogens (tertiary/aromatic N) is 2. The highest BCUT2D eigenvalue weighted by Gasteiger charge is 2.06. The molecule has 0 aliphatic rings. The molecule has 0 N–H and O–H groups in total. The lowest BCUT2D eigenvalue weighted by atomic mass is 10.2. The predicted octanol–water partition coefficient (Wildman–Crippen LogP) is 4.78. The van der Waals surface area contributed by atoms with Gasteiger partial charge in [0, 0.05) is 11.3 Å². The van der Waals surface area contributed by atoms with E-state index in [4.69, 9.17) is 16.3 Å². The van der Waals surface area contributed by atoms with Gasteiger partial charge in [0.25, 0.3) is 0 Å². The molecule has 0 fully saturated rings. The molecule has 0 spiro atoms. The summed E-state index contributed by atoms with van der Waals surface area (Å²) in [6.07, 6.45) is 1.94. The van der Waals surface area contributed by atoms with Crippen molar-refractivity contribution in [2.75, 3.05) is 6.61 Å². The Kier molecular flexibility index (Phi) is 5.57. The summed E-state index contributed by atoms with van der Waals surface area (Å²) in [6.45, 7) is 7.09. The number of aromatic nitrogens is 2. The maximum Gasteiger partial charge on any atom is 0.161 e. The van der Waals surface area contributed by atoms with Crippen LogP contribution in [0.3, 0.4) is 0 Å². The van der Waals surface area contributed by atoms with Crippen molar-refractivity contribution in [3.63, 3.8) is 0 Å². The third-order valence-electron chi connectivity index (χ3n) is 2.95. The van der Waals surface area contributed by atoms with Crippen molar-refractivity contribution < 1.29 is 4.74 Å². The maximum absolute atomic E-state index is 6.08. The van der Waals surface area contributed by atoms with Crippen molar-refractivity contribution in [1.82, 2.24) is 9.97 Å². The van der Waals surface area contributed by atoms with Crippen LogP contribution in [0.2, 0.25) is 5.15 Å². The molecule has 1 heterocycles. The molecule has 2 rings (SSSR count). The molecule has 0 unspecified atom stereocenters. The fourth-order valence-corrected chi connectivity index (χ4v) is 2.15. The van der Waals surface area contributed by atoms with Gasteiger partial charge in [-0.25, -0.2) is 9.97 Å². The van der Waals surface area contributed by atoms with Crippen LogP contribution in [0.4, 0.5) is 0 Å². The maximum atomic E-state index is 6.08. The van der Waals surface area contributed by atoms with E-state index in [0.717, 1.165) is 29.8 Å². The third kappa shape index (κ3) is 4.71. The second-order valence-corrected chi connectivity index (χ2v) is 5.87. The molecule has 0 radical (unpaired) electrons. The van der Waals surface area contributed by atoms with Gasteiger partial charge in [0.15, 0.2) is 5.82 Å². The first-order chi connectivity index (χ1) is 10.1. The van der Waals surface area contributed by atoms with E-state index in [1.54, 1.807) is 0 Å². The SMILES string of the molecule is CCCc1cc(Cl)nc(-c2ccc(OCC(C)C)cc2)n1. The van der Waals surface area contributed by atoms with Crippen LogP contribution in [0.25, 0.3) is 11.4 Å². The Labute approximate surface area is 131 Å². The number of rotatable bonds is 6. The Hall–Kier alpha value is -1.61. The molecule has 3 nitrogen and oxygen atoms in total. The van der Waals surface area contributed by atoms with Gasteiger partial charge in [-0.2, -0.15) is 0 Å². The lowest BCUT2D eigenvalue weighted by Crippen LogP contribution is -2.04. The highest BCUT2D eigenvalue weighted by molar-refractivity contribution is 6.29. The van der Waals surface area contributed by atoms with Crippen LogP contribution in [0.15, 0.2) is 30.3 Å². The normalized spacial score (nSPS) is 10.9. The van der Waals surface area contributed by atoms with E-state index in [1.165, 1.54) is 0 Å². The number of hydrogen-bond donors (Lipinski definition) is 0. The number of aryl methyl sites for hydroxylation is 1. The second kappa shape index (κ2) is 7.41. The highest BCUT2D eigenvalue weighted by Crippen LogP contribution is 2.22. The van der Waals surface area contributed by atoms with E-state index in [-0.39, 0.29) is 0 Å². The topological polar surface area (TPSA) is 35.0 Å². The van der Waals surface area contributed by atoms with Gasteiger partial charge in [-0.15, -0.1) is 0 Å². The molecule has 1 aromatic heterocycles. The van der Waals surface area contributed by atoms with E-state index in [1.807, 2.05) is 30.3 Å². The van der Waals surface area contributed by atoms with Gasteiger partial charge >= 0.3 is 0 Å². The van der Waals surface area contributed by atoms with E-state index in [9.17, 15) is 0 Å². The highest BCUT2D eigenvalue weighted by atomic mass is 35.5. The zero-order valence-corrected chi connectivity index (χ0v) is 13.5. The van der Waals surface area contributed by atoms with E-state index in [0.29, 0.717) is 23.5 Å². The molecule has 0 bridgehead atoms. The van der Waals surface area contributed by atoms with Gasteiger partial charge in [0.1, 0.15) is 10.9 Å². The van der Waals surface area contributed by atoms with Crippen LogP contribution < -0.4 is 4.74 Å². The van der Waals surface area contributed by atoms with Crippen LogP contribution in [0.5, 0.6) is 5.75 Å². The van der Waals surface area contributed by atoms with Crippen LogP contribution in [0.1, 0.15) is 32.9 Å². The summed E-state index contributed by atoms with van der Waals surface area (Å²) in [5.74, 6) is 2.04. The summed E-state index contributed by atoms with van der Waals surface area (Å²) >= 11 is 6.08. The Morgan fingerprint density at radius 2 is 1.86 bits per heavy atom. The first kappa shape index (κ1) is 15.8. The molecule has 21 heavy (non-hydrogen) atoms. The number of ether oxygens (including phenoxy) is 1. The van der Waals surface area contributed by atoms with Crippen LogP contribution in [0, 0.1) is 5.92 Å². The fourth-order valence-electron chi connectivity index (χ4n) is 1.94. The zero-order valence-electron chi connectivity index (χ0n) is 12.8. The summed E-state index contributed by atoms with van der Waals surface area (Å²) in [5, 5.41) is 0.489. The van der Waals surface area contributed by atoms with E-state index < -0.39 is 0 Å². The summed E-state index contributed by atoms with van der Waals surface area (Å²) in [4.78, 5) is 8.86.